The number of nitrogens with one attached hydrogen (secondary N) is 1. The molecule has 0 aromatic heterocycles. The van der Waals surface area contributed by atoms with Gasteiger partial charge in [0, 0.05) is 12.1 Å². The maximum absolute atomic E-state index is 11.4. The molecule has 4 nitrogen and oxygen atoms in total. The molecule has 1 amide bonds. The number of carbonyl (C=O) groups excluding carboxylic acids is 1. The fourth-order valence-electron chi connectivity index (χ4n) is 2.07. The summed E-state index contributed by atoms with van der Waals surface area (Å²) in [5.74, 6) is -0.769. The second-order valence-corrected chi connectivity index (χ2v) is 4.76. The van der Waals surface area contributed by atoms with Gasteiger partial charge >= 0.3 is 5.97 Å². The molecule has 1 aromatic carbocycles. The molecule has 0 bridgehead atoms. The average molecular weight is 247 g/mol. The first kappa shape index (κ1) is 12.6. The van der Waals surface area contributed by atoms with Gasteiger partial charge in [-0.2, -0.15) is 0 Å². The van der Waals surface area contributed by atoms with Crippen LogP contribution in [0.5, 0.6) is 0 Å². The highest BCUT2D eigenvalue weighted by molar-refractivity contribution is 5.91. The molecule has 1 aliphatic rings. The molecular weight excluding hydrogens is 230 g/mol. The van der Waals surface area contributed by atoms with E-state index in [0.717, 1.165) is 17.7 Å². The lowest BCUT2D eigenvalue weighted by Gasteiger charge is -2.11. The zero-order valence-corrected chi connectivity index (χ0v) is 10.4. The third-order valence-electron chi connectivity index (χ3n) is 3.36. The molecular formula is C14H17NO3. The van der Waals surface area contributed by atoms with Crippen molar-refractivity contribution in [1.29, 1.82) is 0 Å². The quantitative estimate of drug-likeness (QED) is 0.840. The van der Waals surface area contributed by atoms with E-state index >= 15 is 0 Å². The minimum Gasteiger partial charge on any atom is -0.481 e. The minimum absolute atomic E-state index is 0.00961. The Labute approximate surface area is 106 Å². The molecule has 0 unspecified atom stereocenters. The Morgan fingerprint density at radius 1 is 1.28 bits per heavy atom. The van der Waals surface area contributed by atoms with Crippen LogP contribution in [0.25, 0.3) is 0 Å². The van der Waals surface area contributed by atoms with E-state index in [1.54, 1.807) is 24.3 Å². The normalized spacial score (nSPS) is 16.1. The highest BCUT2D eigenvalue weighted by atomic mass is 16.4. The van der Waals surface area contributed by atoms with Crippen molar-refractivity contribution >= 4 is 17.6 Å². The summed E-state index contributed by atoms with van der Waals surface area (Å²) >= 11 is 0. The van der Waals surface area contributed by atoms with Crippen LogP contribution in [-0.4, -0.2) is 17.0 Å². The first-order valence-electron chi connectivity index (χ1n) is 6.22. The number of hydrogen-bond donors (Lipinski definition) is 2. The lowest BCUT2D eigenvalue weighted by molar-refractivity contribution is -0.140. The van der Waals surface area contributed by atoms with Crippen LogP contribution >= 0.6 is 0 Å². The van der Waals surface area contributed by atoms with Crippen molar-refractivity contribution in [3.05, 3.63) is 29.8 Å². The number of hydrogen-bond acceptors (Lipinski definition) is 2. The van der Waals surface area contributed by atoms with E-state index in [9.17, 15) is 14.7 Å². The fourth-order valence-corrected chi connectivity index (χ4v) is 2.07. The number of amides is 1. The van der Waals surface area contributed by atoms with Gasteiger partial charge in [0.1, 0.15) is 0 Å². The van der Waals surface area contributed by atoms with Gasteiger partial charge < -0.3 is 10.4 Å². The van der Waals surface area contributed by atoms with E-state index in [-0.39, 0.29) is 5.91 Å². The largest absolute Gasteiger partial charge is 0.481 e. The number of anilines is 1. The van der Waals surface area contributed by atoms with Gasteiger partial charge in [0.05, 0.1) is 5.41 Å². The maximum atomic E-state index is 11.4. The van der Waals surface area contributed by atoms with Crippen molar-refractivity contribution < 1.29 is 14.7 Å². The summed E-state index contributed by atoms with van der Waals surface area (Å²) in [7, 11) is 0. The van der Waals surface area contributed by atoms with Crippen LogP contribution in [0, 0.1) is 0 Å². The summed E-state index contributed by atoms with van der Waals surface area (Å²) in [5.41, 5.74) is 0.869. The Morgan fingerprint density at radius 2 is 1.89 bits per heavy atom. The Balaban J connectivity index is 2.07. The van der Waals surface area contributed by atoms with Gasteiger partial charge in [0.25, 0.3) is 0 Å². The predicted molar refractivity (Wildman–Crippen MR) is 68.5 cm³/mol. The second-order valence-electron chi connectivity index (χ2n) is 4.76. The van der Waals surface area contributed by atoms with E-state index < -0.39 is 11.4 Å². The molecule has 2 N–H and O–H groups in total. The highest BCUT2D eigenvalue weighted by Crippen LogP contribution is 2.48. The number of aliphatic carboxylic acids is 1. The zero-order valence-electron chi connectivity index (χ0n) is 10.4. The summed E-state index contributed by atoms with van der Waals surface area (Å²) in [4.78, 5) is 22.6. The first-order chi connectivity index (χ1) is 8.58. The molecule has 0 saturated heterocycles. The molecule has 1 saturated carbocycles. The number of benzene rings is 1. The van der Waals surface area contributed by atoms with Crippen LogP contribution in [0.2, 0.25) is 0 Å². The molecule has 18 heavy (non-hydrogen) atoms. The van der Waals surface area contributed by atoms with Gasteiger partial charge in [-0.1, -0.05) is 19.1 Å². The molecule has 0 atom stereocenters. The van der Waals surface area contributed by atoms with Crippen LogP contribution in [0.1, 0.15) is 38.2 Å². The monoisotopic (exact) mass is 247 g/mol. The minimum atomic E-state index is -0.759. The van der Waals surface area contributed by atoms with Gasteiger partial charge in [0.15, 0.2) is 0 Å². The van der Waals surface area contributed by atoms with E-state index in [1.165, 1.54) is 0 Å². The molecule has 0 aliphatic heterocycles. The summed E-state index contributed by atoms with van der Waals surface area (Å²) in [6.45, 7) is 1.95. The van der Waals surface area contributed by atoms with Crippen LogP contribution in [0.4, 0.5) is 5.69 Å². The van der Waals surface area contributed by atoms with Crippen LogP contribution in [0.3, 0.4) is 0 Å². The molecule has 0 radical (unpaired) electrons. The van der Waals surface area contributed by atoms with Crippen molar-refractivity contribution in [3.8, 4) is 0 Å². The van der Waals surface area contributed by atoms with Crippen LogP contribution < -0.4 is 5.32 Å². The topological polar surface area (TPSA) is 66.4 Å². The molecule has 0 heterocycles. The van der Waals surface area contributed by atoms with Gasteiger partial charge in [0.2, 0.25) is 5.91 Å². The zero-order chi connectivity index (χ0) is 13.2. The first-order valence-corrected chi connectivity index (χ1v) is 6.22. The standard InChI is InChI=1S/C14H17NO3/c1-2-3-12(16)15-11-6-4-10(5-7-11)14(8-9-14)13(17)18/h4-7H,2-3,8-9H2,1H3,(H,15,16)(H,17,18). The molecule has 4 heteroatoms. The SMILES string of the molecule is CCCC(=O)Nc1ccc(C2(C(=O)O)CC2)cc1. The predicted octanol–water partition coefficient (Wildman–Crippen LogP) is 2.54. The second kappa shape index (κ2) is 4.80. The number of carboxylic acid groups (broad SMARTS) is 1. The van der Waals surface area contributed by atoms with Gasteiger partial charge in [-0.3, -0.25) is 9.59 Å². The van der Waals surface area contributed by atoms with E-state index in [1.807, 2.05) is 6.92 Å². The molecule has 2 rings (SSSR count). The molecule has 96 valence electrons. The third kappa shape index (κ3) is 2.37. The van der Waals surface area contributed by atoms with Gasteiger partial charge in [-0.25, -0.2) is 0 Å². The average Bonchev–Trinajstić information content (AvgIpc) is 3.11. The van der Waals surface area contributed by atoms with E-state index in [4.69, 9.17) is 0 Å². The van der Waals surface area contributed by atoms with Gasteiger partial charge in [-0.15, -0.1) is 0 Å². The van der Waals surface area contributed by atoms with Crippen molar-refractivity contribution in [2.75, 3.05) is 5.32 Å². The van der Waals surface area contributed by atoms with E-state index in [0.29, 0.717) is 19.3 Å². The Kier molecular flexibility index (Phi) is 3.36. The van der Waals surface area contributed by atoms with Crippen molar-refractivity contribution in [3.63, 3.8) is 0 Å². The van der Waals surface area contributed by atoms with Crippen molar-refractivity contribution in [1.82, 2.24) is 0 Å². The number of rotatable bonds is 5. The van der Waals surface area contributed by atoms with Crippen molar-refractivity contribution in [2.45, 2.75) is 38.0 Å². The van der Waals surface area contributed by atoms with Crippen LogP contribution in [-0.2, 0) is 15.0 Å². The molecule has 1 fully saturated rings. The lowest BCUT2D eigenvalue weighted by Crippen LogP contribution is -2.19. The van der Waals surface area contributed by atoms with Gasteiger partial charge in [-0.05, 0) is 37.0 Å². The summed E-state index contributed by atoms with van der Waals surface area (Å²) < 4.78 is 0. The lowest BCUT2D eigenvalue weighted by atomic mass is 9.96. The highest BCUT2D eigenvalue weighted by Gasteiger charge is 2.51. The summed E-state index contributed by atoms with van der Waals surface area (Å²) in [6.07, 6.45) is 2.71. The number of carbonyl (C=O) groups is 2. The molecule has 1 aliphatic carbocycles. The Morgan fingerprint density at radius 3 is 2.33 bits per heavy atom. The molecule has 1 aromatic rings. The summed E-state index contributed by atoms with van der Waals surface area (Å²) in [5, 5.41) is 12.0. The van der Waals surface area contributed by atoms with Crippen molar-refractivity contribution in [2.24, 2.45) is 0 Å². The smallest absolute Gasteiger partial charge is 0.314 e. The summed E-state index contributed by atoms with van der Waals surface area (Å²) in [6, 6.07) is 7.13. The maximum Gasteiger partial charge on any atom is 0.314 e. The Hall–Kier alpha value is -1.84. The molecule has 0 spiro atoms. The Bertz CT molecular complexity index is 460. The number of carboxylic acids is 1. The fraction of sp³-hybridized carbons (Fsp3) is 0.429. The van der Waals surface area contributed by atoms with Crippen LogP contribution in [0.15, 0.2) is 24.3 Å². The third-order valence-corrected chi connectivity index (χ3v) is 3.36. The van der Waals surface area contributed by atoms with E-state index in [2.05, 4.69) is 5.32 Å².